The van der Waals surface area contributed by atoms with Crippen molar-refractivity contribution in [1.82, 2.24) is 0 Å². The van der Waals surface area contributed by atoms with Crippen LogP contribution in [0.5, 0.6) is 0 Å². The fraction of sp³-hybridized carbons (Fsp3) is 0. The van der Waals surface area contributed by atoms with E-state index in [0.29, 0.717) is 0 Å². The maximum Gasteiger partial charge on any atom is 0.208 e. The molecule has 6 heteroatoms. The predicted octanol–water partition coefficient (Wildman–Crippen LogP) is 1.03. The summed E-state index contributed by atoms with van der Waals surface area (Å²) in [5, 5.41) is 0. The molecule has 50 valence electrons. The van der Waals surface area contributed by atoms with Crippen LogP contribution in [0.3, 0.4) is 0 Å². The lowest BCUT2D eigenvalue weighted by Gasteiger charge is -1.20. The van der Waals surface area contributed by atoms with Crippen molar-refractivity contribution < 1.29 is 23.6 Å². The lowest BCUT2D eigenvalue weighted by Crippen LogP contribution is -1.24. The Labute approximate surface area is 42.1 Å². The first kappa shape index (κ1) is 76.4. The van der Waals surface area contributed by atoms with Gasteiger partial charge in [0.15, 0.2) is 0 Å². The highest BCUT2D eigenvalue weighted by Crippen LogP contribution is 1.42. The van der Waals surface area contributed by atoms with Gasteiger partial charge in [0.25, 0.3) is 0 Å². The van der Waals surface area contributed by atoms with E-state index in [0.717, 1.165) is 0 Å². The molecule has 0 spiro atoms. The third-order valence-electron chi connectivity index (χ3n) is 0. The van der Waals surface area contributed by atoms with Gasteiger partial charge in [-0.1, -0.05) is 0 Å². The molecule has 0 unspecified atom stereocenters. The second-order valence-corrected chi connectivity index (χ2v) is 0.267. The smallest absolute Gasteiger partial charge is 0.208 e. The summed E-state index contributed by atoms with van der Waals surface area (Å²) < 4.78 is 0. The van der Waals surface area contributed by atoms with E-state index >= 15 is 0 Å². The predicted molar refractivity (Wildman–Crippen MR) is 22.6 cm³/mol. The highest BCUT2D eigenvalue weighted by atomic mass is 35.5. The third-order valence-corrected chi connectivity index (χ3v) is 0. The third kappa shape index (κ3) is 751. The molecule has 0 aliphatic rings. The summed E-state index contributed by atoms with van der Waals surface area (Å²) in [7, 11) is 0. The molecule has 0 aromatic heterocycles. The van der Waals surface area contributed by atoms with E-state index in [1.807, 2.05) is 0 Å². The fourth-order valence-electron chi connectivity index (χ4n) is 0. The summed E-state index contributed by atoms with van der Waals surface area (Å²) in [6.07, 6.45) is 0. The summed E-state index contributed by atoms with van der Waals surface area (Å²) in [4.78, 5) is 8.57. The number of hydrogen-bond donors (Lipinski definition) is 0. The highest BCUT2D eigenvalue weighted by Gasteiger charge is 1.28. The standard InChI is InChI=1S/CHClO.4FH/c2-1-3;;;;/h1H;4*1H. The van der Waals surface area contributed by atoms with Gasteiger partial charge in [0.05, 0.1) is 0 Å². The Morgan fingerprint density at radius 2 is 1.00 bits per heavy atom. The Morgan fingerprint density at radius 3 is 1.00 bits per heavy atom. The second-order valence-electron chi connectivity index (χ2n) is 0.0891. The molecule has 0 saturated carbocycles. The zero-order valence-corrected chi connectivity index (χ0v) is 3.75. The Balaban J connectivity index is -0.00000000333. The van der Waals surface area contributed by atoms with Crippen molar-refractivity contribution in [3.63, 3.8) is 0 Å². The van der Waals surface area contributed by atoms with Gasteiger partial charge in [-0.15, -0.1) is 0 Å². The van der Waals surface area contributed by atoms with E-state index < -0.39 is 0 Å². The zero-order chi connectivity index (χ0) is 2.71. The average molecular weight is 144 g/mol. The molecule has 0 aliphatic carbocycles. The van der Waals surface area contributed by atoms with Crippen molar-refractivity contribution in [2.45, 2.75) is 0 Å². The molecule has 0 aliphatic heterocycles. The van der Waals surface area contributed by atoms with Gasteiger partial charge in [-0.2, -0.15) is 0 Å². The number of rotatable bonds is 0. The number of hydrogen-bond acceptors (Lipinski definition) is 1. The van der Waals surface area contributed by atoms with E-state index in [4.69, 9.17) is 4.79 Å². The van der Waals surface area contributed by atoms with E-state index in [1.165, 1.54) is 0 Å². The van der Waals surface area contributed by atoms with Crippen molar-refractivity contribution in [1.29, 1.82) is 0 Å². The number of carbonyl (C=O) groups is 1. The molecule has 0 aromatic rings. The average Bonchev–Trinajstić information content (AvgIpc) is 0.918. The van der Waals surface area contributed by atoms with Crippen LogP contribution in [-0.2, 0) is 4.79 Å². The Bertz CT molecular complexity index is 19.2. The lowest BCUT2D eigenvalue weighted by molar-refractivity contribution is 0.569. The van der Waals surface area contributed by atoms with Crippen LogP contribution >= 0.6 is 11.6 Å². The minimum absolute atomic E-state index is 0. The first-order valence-electron chi connectivity index (χ1n) is 0.454. The van der Waals surface area contributed by atoms with Gasteiger partial charge in [0.2, 0.25) is 5.75 Å². The van der Waals surface area contributed by atoms with Crippen LogP contribution in [-0.4, -0.2) is 5.75 Å². The van der Waals surface area contributed by atoms with Crippen molar-refractivity contribution in [2.75, 3.05) is 0 Å². The topological polar surface area (TPSA) is 17.1 Å². The molecular weight excluding hydrogens is 139 g/mol. The molecule has 0 heterocycles. The summed E-state index contributed by atoms with van der Waals surface area (Å²) in [5.41, 5.74) is 0. The molecule has 0 saturated heterocycles. The Kier molecular flexibility index (Phi) is 2930. The summed E-state index contributed by atoms with van der Waals surface area (Å²) in [5.74, 6) is 0.222. The maximum absolute atomic E-state index is 8.57. The Morgan fingerprint density at radius 1 is 1.00 bits per heavy atom. The molecule has 0 amide bonds. The molecule has 7 heavy (non-hydrogen) atoms. The molecule has 0 bridgehead atoms. The fourth-order valence-corrected chi connectivity index (χ4v) is 0. The van der Waals surface area contributed by atoms with Crippen LogP contribution in [0.4, 0.5) is 18.8 Å². The molecule has 0 radical (unpaired) electrons. The SMILES string of the molecule is F.F.F.F.O=CCl. The molecule has 0 N–H and O–H groups in total. The molecular formula is CH5ClF4O. The van der Waals surface area contributed by atoms with Gasteiger partial charge in [-0.3, -0.25) is 23.6 Å². The van der Waals surface area contributed by atoms with Crippen molar-refractivity contribution in [2.24, 2.45) is 0 Å². The maximum atomic E-state index is 8.57. The summed E-state index contributed by atoms with van der Waals surface area (Å²) in [6.45, 7) is 0. The first-order valence-corrected chi connectivity index (χ1v) is 0.890. The van der Waals surface area contributed by atoms with Crippen LogP contribution in [0.25, 0.3) is 0 Å². The first-order chi connectivity index (χ1) is 1.41. The quantitative estimate of drug-likeness (QED) is 0.282. The van der Waals surface area contributed by atoms with Gasteiger partial charge >= 0.3 is 0 Å². The van der Waals surface area contributed by atoms with Crippen molar-refractivity contribution >= 4 is 17.3 Å². The van der Waals surface area contributed by atoms with Crippen molar-refractivity contribution in [3.05, 3.63) is 0 Å². The Hall–Kier alpha value is -0.320. The second kappa shape index (κ2) is 269. The van der Waals surface area contributed by atoms with Crippen LogP contribution in [0.1, 0.15) is 0 Å². The minimum atomic E-state index is 0. The van der Waals surface area contributed by atoms with Gasteiger partial charge < -0.3 is 0 Å². The molecule has 0 rings (SSSR count). The number of carbonyl (C=O) groups excluding carboxylic acids is 1. The minimum Gasteiger partial charge on any atom is -0.285 e. The van der Waals surface area contributed by atoms with Gasteiger partial charge in [0, 0.05) is 0 Å². The molecule has 1 nitrogen and oxygen atoms in total. The van der Waals surface area contributed by atoms with E-state index in [9.17, 15) is 0 Å². The van der Waals surface area contributed by atoms with E-state index in [-0.39, 0.29) is 24.6 Å². The molecule has 0 fully saturated rings. The lowest BCUT2D eigenvalue weighted by atomic mass is 11.8. The van der Waals surface area contributed by atoms with E-state index in [1.54, 1.807) is 0 Å². The summed E-state index contributed by atoms with van der Waals surface area (Å²) in [6, 6.07) is 0. The monoisotopic (exact) mass is 144 g/mol. The van der Waals surface area contributed by atoms with Crippen LogP contribution in [0, 0.1) is 0 Å². The van der Waals surface area contributed by atoms with Gasteiger partial charge in [-0.05, 0) is 11.6 Å². The van der Waals surface area contributed by atoms with E-state index in [2.05, 4.69) is 11.6 Å². The van der Waals surface area contributed by atoms with Crippen LogP contribution < -0.4 is 0 Å². The zero-order valence-electron chi connectivity index (χ0n) is 3.00. The largest absolute Gasteiger partial charge is 0.285 e. The van der Waals surface area contributed by atoms with Crippen molar-refractivity contribution in [3.8, 4) is 0 Å². The molecule has 0 aromatic carbocycles. The van der Waals surface area contributed by atoms with Crippen LogP contribution in [0.2, 0.25) is 0 Å². The van der Waals surface area contributed by atoms with Crippen LogP contribution in [0.15, 0.2) is 0 Å². The highest BCUT2D eigenvalue weighted by molar-refractivity contribution is 6.54. The van der Waals surface area contributed by atoms with Gasteiger partial charge in [-0.25, -0.2) is 0 Å². The normalized spacial score (nSPS) is 1.86. The summed E-state index contributed by atoms with van der Waals surface area (Å²) >= 11 is 4.32. The van der Waals surface area contributed by atoms with Gasteiger partial charge in [0.1, 0.15) is 0 Å². The molecule has 0 atom stereocenters. The number of halogens is 5.